The van der Waals surface area contributed by atoms with Crippen molar-refractivity contribution in [1.82, 2.24) is 4.57 Å². The zero-order valence-corrected chi connectivity index (χ0v) is 8.98. The topological polar surface area (TPSA) is 54.7 Å². The van der Waals surface area contributed by atoms with Crippen LogP contribution in [0.15, 0.2) is 24.4 Å². The molecule has 1 fully saturated rings. The summed E-state index contributed by atoms with van der Waals surface area (Å²) in [5, 5.41) is 10.1. The molecule has 0 amide bonds. The van der Waals surface area contributed by atoms with Crippen molar-refractivity contribution in [3.8, 4) is 6.07 Å². The fourth-order valence-electron chi connectivity index (χ4n) is 2.32. The van der Waals surface area contributed by atoms with Crippen LogP contribution in [0.25, 0.3) is 10.9 Å². The Hall–Kier alpha value is -1.95. The van der Waals surface area contributed by atoms with Gasteiger partial charge in [-0.2, -0.15) is 5.26 Å². The van der Waals surface area contributed by atoms with E-state index in [1.807, 2.05) is 24.4 Å². The summed E-state index contributed by atoms with van der Waals surface area (Å²) in [4.78, 5) is 0. The van der Waals surface area contributed by atoms with E-state index >= 15 is 0 Å². The lowest BCUT2D eigenvalue weighted by Gasteiger charge is -2.28. The average Bonchev–Trinajstić information content (AvgIpc) is 2.54. The number of fused-ring (bicyclic) bond motifs is 1. The van der Waals surface area contributed by atoms with Gasteiger partial charge in [0, 0.05) is 23.3 Å². The molecule has 1 aliphatic carbocycles. The normalized spacial score (nSPS) is 15.9. The van der Waals surface area contributed by atoms with Crippen molar-refractivity contribution < 1.29 is 0 Å². The molecule has 3 heteroatoms. The van der Waals surface area contributed by atoms with Crippen LogP contribution in [0.5, 0.6) is 0 Å². The van der Waals surface area contributed by atoms with Crippen LogP contribution in [0.3, 0.4) is 0 Å². The first-order chi connectivity index (χ1) is 7.79. The molecule has 0 unspecified atom stereocenters. The van der Waals surface area contributed by atoms with Gasteiger partial charge in [-0.1, -0.05) is 0 Å². The van der Waals surface area contributed by atoms with Crippen molar-refractivity contribution in [1.29, 1.82) is 5.26 Å². The van der Waals surface area contributed by atoms with Crippen molar-refractivity contribution in [3.63, 3.8) is 0 Å². The Morgan fingerprint density at radius 1 is 1.38 bits per heavy atom. The van der Waals surface area contributed by atoms with Crippen molar-refractivity contribution >= 4 is 16.6 Å². The Morgan fingerprint density at radius 3 is 2.81 bits per heavy atom. The van der Waals surface area contributed by atoms with E-state index < -0.39 is 0 Å². The minimum absolute atomic E-state index is 0.561. The summed E-state index contributed by atoms with van der Waals surface area (Å²) in [7, 11) is 0. The highest BCUT2D eigenvalue weighted by Crippen LogP contribution is 2.36. The number of nitrogens with two attached hydrogens (primary N) is 1. The van der Waals surface area contributed by atoms with Crippen molar-refractivity contribution in [2.45, 2.75) is 25.3 Å². The number of benzene rings is 1. The Bertz CT molecular complexity index is 585. The molecule has 0 bridgehead atoms. The molecular weight excluding hydrogens is 198 g/mol. The van der Waals surface area contributed by atoms with Crippen LogP contribution in [0.2, 0.25) is 0 Å². The number of aromatic nitrogens is 1. The summed E-state index contributed by atoms with van der Waals surface area (Å²) < 4.78 is 2.22. The smallest absolute Gasteiger partial charge is 0.101 e. The van der Waals surface area contributed by atoms with Crippen LogP contribution in [0.1, 0.15) is 30.9 Å². The summed E-state index contributed by atoms with van der Waals surface area (Å²) in [6.07, 6.45) is 5.68. The lowest BCUT2D eigenvalue weighted by Crippen LogP contribution is -2.15. The van der Waals surface area contributed by atoms with Crippen LogP contribution >= 0.6 is 0 Å². The van der Waals surface area contributed by atoms with Gasteiger partial charge >= 0.3 is 0 Å². The van der Waals surface area contributed by atoms with Gasteiger partial charge < -0.3 is 10.3 Å². The molecule has 0 spiro atoms. The molecule has 1 saturated carbocycles. The molecule has 3 rings (SSSR count). The zero-order chi connectivity index (χ0) is 11.1. The number of rotatable bonds is 1. The third-order valence-electron chi connectivity index (χ3n) is 3.45. The van der Waals surface area contributed by atoms with E-state index in [0.29, 0.717) is 6.04 Å². The van der Waals surface area contributed by atoms with Crippen LogP contribution in [0, 0.1) is 11.3 Å². The largest absolute Gasteiger partial charge is 0.399 e. The first kappa shape index (κ1) is 9.29. The summed E-state index contributed by atoms with van der Waals surface area (Å²) in [6, 6.07) is 8.58. The molecule has 3 nitrogen and oxygen atoms in total. The molecule has 1 aliphatic rings. The molecule has 0 radical (unpaired) electrons. The van der Waals surface area contributed by atoms with E-state index in [0.717, 1.165) is 22.2 Å². The molecule has 80 valence electrons. The van der Waals surface area contributed by atoms with E-state index in [-0.39, 0.29) is 0 Å². The Morgan fingerprint density at radius 2 is 2.19 bits per heavy atom. The molecule has 0 saturated heterocycles. The molecule has 1 aromatic heterocycles. The molecule has 0 aliphatic heterocycles. The van der Waals surface area contributed by atoms with E-state index in [1.54, 1.807) is 0 Å². The standard InChI is InChI=1S/C13H13N3/c14-7-9-8-16(11-2-1-3-11)13-6-10(15)4-5-12(9)13/h4-6,8,11H,1-3,15H2. The number of nitriles is 1. The zero-order valence-electron chi connectivity index (χ0n) is 8.98. The number of hydrogen-bond donors (Lipinski definition) is 1. The lowest BCUT2D eigenvalue weighted by molar-refractivity contribution is 0.321. The van der Waals surface area contributed by atoms with Gasteiger partial charge in [-0.15, -0.1) is 0 Å². The van der Waals surface area contributed by atoms with Gasteiger partial charge in [0.25, 0.3) is 0 Å². The van der Waals surface area contributed by atoms with Gasteiger partial charge in [-0.05, 0) is 37.5 Å². The maximum Gasteiger partial charge on any atom is 0.101 e. The van der Waals surface area contributed by atoms with Crippen LogP contribution < -0.4 is 5.73 Å². The van der Waals surface area contributed by atoms with Crippen molar-refractivity contribution in [2.24, 2.45) is 0 Å². The Labute approximate surface area is 94.1 Å². The van der Waals surface area contributed by atoms with Crippen molar-refractivity contribution in [2.75, 3.05) is 5.73 Å². The highest BCUT2D eigenvalue weighted by Gasteiger charge is 2.22. The third kappa shape index (κ3) is 1.20. The summed E-state index contributed by atoms with van der Waals surface area (Å²) in [5.41, 5.74) is 8.42. The van der Waals surface area contributed by atoms with Crippen LogP contribution in [-0.2, 0) is 0 Å². The summed E-state index contributed by atoms with van der Waals surface area (Å²) in [5.74, 6) is 0. The number of nitrogen functional groups attached to an aromatic ring is 1. The van der Waals surface area contributed by atoms with Crippen molar-refractivity contribution in [3.05, 3.63) is 30.0 Å². The minimum Gasteiger partial charge on any atom is -0.399 e. The number of anilines is 1. The fraction of sp³-hybridized carbons (Fsp3) is 0.308. The molecular formula is C13H13N3. The number of hydrogen-bond acceptors (Lipinski definition) is 2. The highest BCUT2D eigenvalue weighted by molar-refractivity contribution is 5.88. The second-order valence-electron chi connectivity index (χ2n) is 4.42. The molecule has 1 aromatic carbocycles. The first-order valence-corrected chi connectivity index (χ1v) is 5.60. The predicted molar refractivity (Wildman–Crippen MR) is 64.0 cm³/mol. The molecule has 2 N–H and O–H groups in total. The van der Waals surface area contributed by atoms with Gasteiger partial charge in [-0.25, -0.2) is 0 Å². The fourth-order valence-corrected chi connectivity index (χ4v) is 2.32. The Kier molecular flexibility index (Phi) is 1.90. The van der Waals surface area contributed by atoms with E-state index in [2.05, 4.69) is 10.6 Å². The second kappa shape index (κ2) is 3.28. The van der Waals surface area contributed by atoms with Gasteiger partial charge in [0.15, 0.2) is 0 Å². The molecule has 1 heterocycles. The first-order valence-electron chi connectivity index (χ1n) is 5.60. The second-order valence-corrected chi connectivity index (χ2v) is 4.42. The van der Waals surface area contributed by atoms with Gasteiger partial charge in [-0.3, -0.25) is 0 Å². The third-order valence-corrected chi connectivity index (χ3v) is 3.45. The highest BCUT2D eigenvalue weighted by atomic mass is 15.0. The SMILES string of the molecule is N#Cc1cn(C2CCC2)c2cc(N)ccc12. The van der Waals surface area contributed by atoms with E-state index in [4.69, 9.17) is 11.0 Å². The maximum absolute atomic E-state index is 9.10. The van der Waals surface area contributed by atoms with Gasteiger partial charge in [0.05, 0.1) is 11.1 Å². The minimum atomic E-state index is 0.561. The van der Waals surface area contributed by atoms with Gasteiger partial charge in [0.1, 0.15) is 6.07 Å². The Balaban J connectivity index is 2.27. The van der Waals surface area contributed by atoms with Crippen LogP contribution in [0.4, 0.5) is 5.69 Å². The molecule has 2 aromatic rings. The maximum atomic E-state index is 9.10. The van der Waals surface area contributed by atoms with Crippen LogP contribution in [-0.4, -0.2) is 4.57 Å². The van der Waals surface area contributed by atoms with E-state index in [9.17, 15) is 0 Å². The number of nitrogens with zero attached hydrogens (tertiary/aromatic N) is 2. The average molecular weight is 211 g/mol. The summed E-state index contributed by atoms with van der Waals surface area (Å²) in [6.45, 7) is 0. The predicted octanol–water partition coefficient (Wildman–Crippen LogP) is 2.82. The van der Waals surface area contributed by atoms with Gasteiger partial charge in [0.2, 0.25) is 0 Å². The monoisotopic (exact) mass is 211 g/mol. The summed E-state index contributed by atoms with van der Waals surface area (Å²) >= 11 is 0. The molecule has 16 heavy (non-hydrogen) atoms. The van der Waals surface area contributed by atoms with E-state index in [1.165, 1.54) is 19.3 Å². The quantitative estimate of drug-likeness (QED) is 0.737. The molecule has 0 atom stereocenters. The lowest BCUT2D eigenvalue weighted by atomic mass is 9.93.